The molecule has 2 heterocycles. The summed E-state index contributed by atoms with van der Waals surface area (Å²) in [4.78, 5) is 53.2. The van der Waals surface area contributed by atoms with Gasteiger partial charge in [0.25, 0.3) is 23.6 Å². The van der Waals surface area contributed by atoms with Crippen molar-refractivity contribution < 1.29 is 38.1 Å². The van der Waals surface area contributed by atoms with E-state index >= 15 is 0 Å². The normalized spacial score (nSPS) is 14.1. The van der Waals surface area contributed by atoms with Gasteiger partial charge in [-0.05, 0) is 37.8 Å². The van der Waals surface area contributed by atoms with Crippen LogP contribution in [0, 0.1) is 0 Å². The van der Waals surface area contributed by atoms with Crippen LogP contribution in [-0.2, 0) is 25.6 Å². The maximum atomic E-state index is 12.8. The Bertz CT molecular complexity index is 1360. The first-order chi connectivity index (χ1) is 22.8. The van der Waals surface area contributed by atoms with Crippen LogP contribution in [0.4, 0.5) is 11.4 Å². The van der Waals surface area contributed by atoms with Crippen molar-refractivity contribution in [1.29, 1.82) is 0 Å². The fraction of sp³-hybridized carbons (Fsp3) is 0.459. The minimum absolute atomic E-state index is 0.317. The molecule has 0 N–H and O–H groups in total. The maximum Gasteiger partial charge on any atom is 0.258 e. The molecule has 2 aliphatic heterocycles. The Morgan fingerprint density at radius 2 is 0.745 bits per heavy atom. The van der Waals surface area contributed by atoms with Gasteiger partial charge in [0.1, 0.15) is 23.0 Å². The van der Waals surface area contributed by atoms with Gasteiger partial charge in [0.15, 0.2) is 0 Å². The summed E-state index contributed by atoms with van der Waals surface area (Å²) in [6.07, 6.45) is 12.2. The molecule has 47 heavy (non-hydrogen) atoms. The van der Waals surface area contributed by atoms with E-state index in [4.69, 9.17) is 18.9 Å². The minimum atomic E-state index is -0.445. The lowest BCUT2D eigenvalue weighted by Gasteiger charge is -2.24. The lowest BCUT2D eigenvalue weighted by molar-refractivity contribution is -0.121. The van der Waals surface area contributed by atoms with Crippen molar-refractivity contribution in [3.05, 3.63) is 59.7 Å². The molecule has 0 saturated heterocycles. The van der Waals surface area contributed by atoms with E-state index in [0.29, 0.717) is 67.2 Å². The second-order valence-corrected chi connectivity index (χ2v) is 11.5. The molecule has 0 aromatic heterocycles. The Hall–Kier alpha value is -4.60. The number of ether oxygens (including phenoxy) is 4. The van der Waals surface area contributed by atoms with Gasteiger partial charge in [0.05, 0.1) is 37.8 Å². The van der Waals surface area contributed by atoms with Gasteiger partial charge in [-0.15, -0.1) is 0 Å². The summed E-state index contributed by atoms with van der Waals surface area (Å²) in [6, 6.07) is 7.05. The highest BCUT2D eigenvalue weighted by atomic mass is 16.5. The van der Waals surface area contributed by atoms with Gasteiger partial charge in [-0.1, -0.05) is 53.4 Å². The molecule has 2 aromatic rings. The largest absolute Gasteiger partial charge is 0.493 e. The summed E-state index contributed by atoms with van der Waals surface area (Å²) in [5.74, 6) is 0.0255. The molecule has 10 nitrogen and oxygen atoms in total. The number of benzene rings is 2. The number of hydrogen-bond donors (Lipinski definition) is 0. The van der Waals surface area contributed by atoms with Crippen LogP contribution in [-0.4, -0.2) is 50.1 Å². The number of nitrogens with zero attached hydrogens (tertiary/aromatic N) is 2. The third kappa shape index (κ3) is 8.81. The average molecular weight is 647 g/mol. The van der Waals surface area contributed by atoms with Crippen molar-refractivity contribution in [1.82, 2.24) is 0 Å². The van der Waals surface area contributed by atoms with Gasteiger partial charge in [-0.3, -0.25) is 19.2 Å². The monoisotopic (exact) mass is 646 g/mol. The number of unbranched alkanes of at least 4 members (excludes halogenated alkanes) is 4. The lowest BCUT2D eigenvalue weighted by atomic mass is 10.00. The first-order valence-electron chi connectivity index (χ1n) is 16.8. The molecule has 0 spiro atoms. The van der Waals surface area contributed by atoms with Crippen molar-refractivity contribution >= 4 is 35.0 Å². The van der Waals surface area contributed by atoms with Crippen molar-refractivity contribution in [2.24, 2.45) is 0 Å². The van der Waals surface area contributed by atoms with E-state index in [1.807, 2.05) is 12.1 Å². The molecule has 2 aliphatic rings. The molecular weight excluding hydrogens is 600 g/mol. The minimum Gasteiger partial charge on any atom is -0.493 e. The van der Waals surface area contributed by atoms with E-state index in [-0.39, 0.29) is 0 Å². The molecule has 0 bridgehead atoms. The Morgan fingerprint density at radius 1 is 0.447 bits per heavy atom. The molecule has 0 fully saturated rings. The number of imide groups is 2. The summed E-state index contributed by atoms with van der Waals surface area (Å²) in [6.45, 7) is 9.95. The van der Waals surface area contributed by atoms with Gasteiger partial charge in [0, 0.05) is 54.0 Å². The molecule has 2 aromatic carbocycles. The SMILES string of the molecule is CCCCOc1cc(N2C(=O)C=CC2=O)c(OCCCC)cc1Cc1cc(OCCCC)c(N2C(=O)C=CC2=O)cc1OCCCC. The molecule has 0 atom stereocenters. The highest BCUT2D eigenvalue weighted by Crippen LogP contribution is 2.42. The molecule has 10 heteroatoms. The zero-order valence-electron chi connectivity index (χ0n) is 28.0. The molecule has 4 rings (SSSR count). The van der Waals surface area contributed by atoms with Gasteiger partial charge in [-0.2, -0.15) is 0 Å². The molecular formula is C37H46N2O8. The second-order valence-electron chi connectivity index (χ2n) is 11.5. The van der Waals surface area contributed by atoms with E-state index in [2.05, 4.69) is 27.7 Å². The molecule has 4 amide bonds. The summed E-state index contributed by atoms with van der Waals surface area (Å²) >= 11 is 0. The molecule has 252 valence electrons. The molecule has 0 unspecified atom stereocenters. The fourth-order valence-corrected chi connectivity index (χ4v) is 5.09. The highest BCUT2D eigenvalue weighted by molar-refractivity contribution is 6.29. The topological polar surface area (TPSA) is 112 Å². The molecule has 0 aliphatic carbocycles. The number of rotatable bonds is 20. The van der Waals surface area contributed by atoms with Gasteiger partial charge in [-0.25, -0.2) is 9.80 Å². The molecule has 0 radical (unpaired) electrons. The van der Waals surface area contributed by atoms with Crippen molar-refractivity contribution in [3.63, 3.8) is 0 Å². The summed E-state index contributed by atoms with van der Waals surface area (Å²) in [5, 5.41) is 0. The Kier molecular flexibility index (Phi) is 13.0. The standard InChI is InChI=1S/C37H46N2O8/c1-5-9-17-44-30-24-28(38-34(40)13-14-35(38)41)32(46-19-11-7-3)22-26(30)21-27-23-33(47-20-12-8-4)29(25-31(27)45-18-10-6-2)39-36(42)15-16-37(39)43/h13-16,22-25H,5-12,17-21H2,1-4H3. The average Bonchev–Trinajstić information content (AvgIpc) is 3.57. The van der Waals surface area contributed by atoms with Crippen molar-refractivity contribution in [3.8, 4) is 23.0 Å². The maximum absolute atomic E-state index is 12.8. The molecule has 0 saturated carbocycles. The number of anilines is 2. The van der Waals surface area contributed by atoms with E-state index in [1.54, 1.807) is 12.1 Å². The lowest BCUT2D eigenvalue weighted by Crippen LogP contribution is -2.30. The zero-order valence-corrected chi connectivity index (χ0v) is 28.0. The predicted octanol–water partition coefficient (Wildman–Crippen LogP) is 6.85. The number of carbonyl (C=O) groups is 4. The Morgan fingerprint density at radius 3 is 1.04 bits per heavy atom. The summed E-state index contributed by atoms with van der Waals surface area (Å²) in [5.41, 5.74) is 2.17. The highest BCUT2D eigenvalue weighted by Gasteiger charge is 2.32. The van der Waals surface area contributed by atoms with Crippen molar-refractivity contribution in [2.45, 2.75) is 85.5 Å². The van der Waals surface area contributed by atoms with Crippen LogP contribution in [0.2, 0.25) is 0 Å². The van der Waals surface area contributed by atoms with Crippen LogP contribution in [0.3, 0.4) is 0 Å². The third-order valence-corrected chi connectivity index (χ3v) is 7.79. The summed E-state index contributed by atoms with van der Waals surface area (Å²) in [7, 11) is 0. The van der Waals surface area contributed by atoms with Crippen LogP contribution < -0.4 is 28.7 Å². The first kappa shape index (κ1) is 35.3. The second kappa shape index (κ2) is 17.4. The van der Waals surface area contributed by atoms with E-state index in [1.165, 1.54) is 24.3 Å². The van der Waals surface area contributed by atoms with E-state index < -0.39 is 23.6 Å². The van der Waals surface area contributed by atoms with Crippen LogP contribution in [0.25, 0.3) is 0 Å². The number of carbonyl (C=O) groups excluding carboxylic acids is 4. The van der Waals surface area contributed by atoms with Crippen LogP contribution >= 0.6 is 0 Å². The fourth-order valence-electron chi connectivity index (χ4n) is 5.09. The van der Waals surface area contributed by atoms with Gasteiger partial charge in [0.2, 0.25) is 0 Å². The van der Waals surface area contributed by atoms with Crippen LogP contribution in [0.5, 0.6) is 23.0 Å². The number of hydrogen-bond acceptors (Lipinski definition) is 8. The van der Waals surface area contributed by atoms with Gasteiger partial charge >= 0.3 is 0 Å². The van der Waals surface area contributed by atoms with E-state index in [0.717, 1.165) is 72.3 Å². The summed E-state index contributed by atoms with van der Waals surface area (Å²) < 4.78 is 24.9. The zero-order chi connectivity index (χ0) is 33.8. The Balaban J connectivity index is 1.85. The number of amides is 4. The predicted molar refractivity (Wildman–Crippen MR) is 181 cm³/mol. The van der Waals surface area contributed by atoms with Gasteiger partial charge < -0.3 is 18.9 Å². The first-order valence-corrected chi connectivity index (χ1v) is 16.8. The van der Waals surface area contributed by atoms with Crippen LogP contribution in [0.1, 0.15) is 90.2 Å². The van der Waals surface area contributed by atoms with Crippen LogP contribution in [0.15, 0.2) is 48.6 Å². The quantitative estimate of drug-likeness (QED) is 0.113. The smallest absolute Gasteiger partial charge is 0.258 e. The van der Waals surface area contributed by atoms with E-state index in [9.17, 15) is 19.2 Å². The third-order valence-electron chi connectivity index (χ3n) is 7.79. The Labute approximate surface area is 277 Å². The van der Waals surface area contributed by atoms with Crippen molar-refractivity contribution in [2.75, 3.05) is 36.2 Å².